The molecule has 1 fully saturated rings. The minimum atomic E-state index is -0.438. The number of fused-ring (bicyclic) bond motifs is 1. The third-order valence-electron chi connectivity index (χ3n) is 5.33. The van der Waals surface area contributed by atoms with Crippen molar-refractivity contribution in [1.29, 1.82) is 0 Å². The molecular formula is C21H21ClFN3O. The number of likely N-dealkylation sites (tertiary alicyclic amines) is 1. The van der Waals surface area contributed by atoms with E-state index in [2.05, 4.69) is 4.57 Å². The maximum atomic E-state index is 14.1. The van der Waals surface area contributed by atoms with Crippen LogP contribution in [-0.2, 0) is 18.3 Å². The Labute approximate surface area is 162 Å². The molecule has 27 heavy (non-hydrogen) atoms. The van der Waals surface area contributed by atoms with Gasteiger partial charge in [0.2, 0.25) is 5.91 Å². The van der Waals surface area contributed by atoms with E-state index in [0.29, 0.717) is 11.6 Å². The predicted molar refractivity (Wildman–Crippen MR) is 104 cm³/mol. The monoisotopic (exact) mass is 385 g/mol. The van der Waals surface area contributed by atoms with Crippen molar-refractivity contribution in [1.82, 2.24) is 14.5 Å². The van der Waals surface area contributed by atoms with E-state index >= 15 is 0 Å². The number of carbonyl (C=O) groups is 1. The van der Waals surface area contributed by atoms with Crippen LogP contribution in [-0.4, -0.2) is 26.9 Å². The lowest BCUT2D eigenvalue weighted by Crippen LogP contribution is -2.40. The first kappa shape index (κ1) is 18.0. The van der Waals surface area contributed by atoms with E-state index in [4.69, 9.17) is 16.6 Å². The summed E-state index contributed by atoms with van der Waals surface area (Å²) in [5.74, 6) is 0.328. The molecule has 2 aromatic carbocycles. The van der Waals surface area contributed by atoms with E-state index < -0.39 is 5.82 Å². The first-order valence-corrected chi connectivity index (χ1v) is 9.58. The summed E-state index contributed by atoms with van der Waals surface area (Å²) in [6, 6.07) is 12.4. The van der Waals surface area contributed by atoms with Crippen LogP contribution in [0.3, 0.4) is 0 Å². The topological polar surface area (TPSA) is 38.1 Å². The van der Waals surface area contributed by atoms with Gasteiger partial charge in [-0.2, -0.15) is 0 Å². The molecule has 6 heteroatoms. The molecule has 4 rings (SSSR count). The van der Waals surface area contributed by atoms with E-state index in [9.17, 15) is 9.18 Å². The maximum Gasteiger partial charge on any atom is 0.227 e. The molecule has 1 atom stereocenters. The predicted octanol–water partition coefficient (Wildman–Crippen LogP) is 4.66. The van der Waals surface area contributed by atoms with Crippen molar-refractivity contribution in [3.63, 3.8) is 0 Å². The Kier molecular flexibility index (Phi) is 4.87. The second-order valence-electron chi connectivity index (χ2n) is 6.99. The van der Waals surface area contributed by atoms with Crippen LogP contribution in [0.5, 0.6) is 0 Å². The number of halogens is 2. The quantitative estimate of drug-likeness (QED) is 0.657. The maximum absolute atomic E-state index is 14.1. The molecule has 1 aliphatic heterocycles. The van der Waals surface area contributed by atoms with Crippen LogP contribution in [0.15, 0.2) is 42.5 Å². The Hall–Kier alpha value is -2.40. The van der Waals surface area contributed by atoms with Crippen LogP contribution in [0.25, 0.3) is 11.0 Å². The Balaban J connectivity index is 1.66. The summed E-state index contributed by atoms with van der Waals surface area (Å²) >= 11 is 6.12. The lowest BCUT2D eigenvalue weighted by atomic mass is 10.00. The van der Waals surface area contributed by atoms with Crippen molar-refractivity contribution >= 4 is 28.5 Å². The van der Waals surface area contributed by atoms with Gasteiger partial charge in [-0.15, -0.1) is 0 Å². The molecule has 1 aromatic heterocycles. The van der Waals surface area contributed by atoms with Gasteiger partial charge in [0.15, 0.2) is 0 Å². The summed E-state index contributed by atoms with van der Waals surface area (Å²) in [6.45, 7) is 0.652. The first-order chi connectivity index (χ1) is 13.1. The minimum absolute atomic E-state index is 0.0358. The van der Waals surface area contributed by atoms with Gasteiger partial charge in [0.05, 0.1) is 23.5 Å². The van der Waals surface area contributed by atoms with Crippen LogP contribution in [0.4, 0.5) is 4.39 Å². The van der Waals surface area contributed by atoms with Crippen LogP contribution in [0.2, 0.25) is 5.02 Å². The highest BCUT2D eigenvalue weighted by atomic mass is 35.5. The van der Waals surface area contributed by atoms with E-state index in [0.717, 1.165) is 36.1 Å². The van der Waals surface area contributed by atoms with Gasteiger partial charge in [-0.25, -0.2) is 9.37 Å². The lowest BCUT2D eigenvalue weighted by molar-refractivity contribution is -0.134. The van der Waals surface area contributed by atoms with Gasteiger partial charge in [0.25, 0.3) is 0 Å². The zero-order valence-electron chi connectivity index (χ0n) is 15.2. The summed E-state index contributed by atoms with van der Waals surface area (Å²) < 4.78 is 16.2. The fourth-order valence-electron chi connectivity index (χ4n) is 3.91. The number of hydrogen-bond donors (Lipinski definition) is 0. The first-order valence-electron chi connectivity index (χ1n) is 9.20. The molecule has 140 valence electrons. The Morgan fingerprint density at radius 2 is 2.04 bits per heavy atom. The Morgan fingerprint density at radius 1 is 1.22 bits per heavy atom. The van der Waals surface area contributed by atoms with Crippen molar-refractivity contribution < 1.29 is 9.18 Å². The van der Waals surface area contributed by atoms with E-state index in [-0.39, 0.29) is 23.9 Å². The molecule has 3 aromatic rings. The van der Waals surface area contributed by atoms with Crippen molar-refractivity contribution in [2.45, 2.75) is 31.7 Å². The third-order valence-corrected chi connectivity index (χ3v) is 5.69. The van der Waals surface area contributed by atoms with E-state index in [1.807, 2.05) is 36.2 Å². The van der Waals surface area contributed by atoms with E-state index in [1.165, 1.54) is 6.07 Å². The van der Waals surface area contributed by atoms with Gasteiger partial charge in [0.1, 0.15) is 11.6 Å². The van der Waals surface area contributed by atoms with Crippen LogP contribution >= 0.6 is 11.6 Å². The average molecular weight is 386 g/mol. The zero-order valence-corrected chi connectivity index (χ0v) is 15.9. The van der Waals surface area contributed by atoms with Crippen LogP contribution in [0.1, 0.15) is 36.7 Å². The normalized spacial score (nSPS) is 17.4. The van der Waals surface area contributed by atoms with E-state index in [1.54, 1.807) is 12.1 Å². The molecule has 4 nitrogen and oxygen atoms in total. The average Bonchev–Trinajstić information content (AvgIpc) is 3.01. The SMILES string of the molecule is Cn1c([C@@H]2CCCCN2C(=O)Cc2c(F)cccc2Cl)nc2ccccc21. The van der Waals surface area contributed by atoms with Gasteiger partial charge in [-0.3, -0.25) is 4.79 Å². The number of aryl methyl sites for hydroxylation is 1. The molecular weight excluding hydrogens is 365 g/mol. The van der Waals surface area contributed by atoms with Crippen molar-refractivity contribution in [2.24, 2.45) is 7.05 Å². The molecule has 1 amide bonds. The fourth-order valence-corrected chi connectivity index (χ4v) is 4.14. The molecule has 0 N–H and O–H groups in total. The minimum Gasteiger partial charge on any atom is -0.332 e. The lowest BCUT2D eigenvalue weighted by Gasteiger charge is -2.35. The molecule has 0 aliphatic carbocycles. The second kappa shape index (κ2) is 7.31. The number of aromatic nitrogens is 2. The van der Waals surface area contributed by atoms with Crippen LogP contribution < -0.4 is 0 Å². The van der Waals surface area contributed by atoms with Gasteiger partial charge < -0.3 is 9.47 Å². The Morgan fingerprint density at radius 3 is 2.81 bits per heavy atom. The van der Waals surface area contributed by atoms with Gasteiger partial charge in [-0.1, -0.05) is 29.8 Å². The number of para-hydroxylation sites is 2. The Bertz CT molecular complexity index is 980. The molecule has 0 spiro atoms. The highest BCUT2D eigenvalue weighted by Gasteiger charge is 2.31. The number of rotatable bonds is 3. The molecule has 0 bridgehead atoms. The number of piperidine rings is 1. The van der Waals surface area contributed by atoms with Gasteiger partial charge >= 0.3 is 0 Å². The summed E-state index contributed by atoms with van der Waals surface area (Å²) in [5.41, 5.74) is 2.23. The summed E-state index contributed by atoms with van der Waals surface area (Å²) in [5, 5.41) is 0.291. The third kappa shape index (κ3) is 3.32. The summed E-state index contributed by atoms with van der Waals surface area (Å²) in [4.78, 5) is 19.7. The van der Waals surface area contributed by atoms with Gasteiger partial charge in [0, 0.05) is 24.2 Å². The number of amides is 1. The van der Waals surface area contributed by atoms with Gasteiger partial charge in [-0.05, 0) is 43.5 Å². The zero-order chi connectivity index (χ0) is 19.0. The largest absolute Gasteiger partial charge is 0.332 e. The van der Waals surface area contributed by atoms with Crippen molar-refractivity contribution in [3.8, 4) is 0 Å². The molecule has 0 radical (unpaired) electrons. The summed E-state index contributed by atoms with van der Waals surface area (Å²) in [7, 11) is 1.98. The molecule has 1 aliphatic rings. The number of nitrogens with zero attached hydrogens (tertiary/aromatic N) is 3. The fraction of sp³-hybridized carbons (Fsp3) is 0.333. The van der Waals surface area contributed by atoms with Crippen molar-refractivity contribution in [2.75, 3.05) is 6.54 Å². The highest BCUT2D eigenvalue weighted by molar-refractivity contribution is 6.31. The van der Waals surface area contributed by atoms with Crippen LogP contribution in [0, 0.1) is 5.82 Å². The number of imidazole rings is 1. The molecule has 1 saturated heterocycles. The van der Waals surface area contributed by atoms with Crippen molar-refractivity contribution in [3.05, 3.63) is 64.7 Å². The number of hydrogen-bond acceptors (Lipinski definition) is 2. The standard InChI is InChI=1S/C21H21ClFN3O/c1-25-18-10-3-2-9-17(18)24-21(25)19-11-4-5-12-26(19)20(27)13-14-15(22)7-6-8-16(14)23/h2-3,6-10,19H,4-5,11-13H2,1H3/t19-/m0/s1. The molecule has 0 saturated carbocycles. The summed E-state index contributed by atoms with van der Waals surface area (Å²) in [6.07, 6.45) is 2.80. The molecule has 2 heterocycles. The molecule has 0 unspecified atom stereocenters. The second-order valence-corrected chi connectivity index (χ2v) is 7.40. The highest BCUT2D eigenvalue weighted by Crippen LogP contribution is 2.33. The smallest absolute Gasteiger partial charge is 0.227 e. The number of carbonyl (C=O) groups excluding carboxylic acids is 1. The number of benzene rings is 2.